The summed E-state index contributed by atoms with van der Waals surface area (Å²) in [7, 11) is 0. The van der Waals surface area contributed by atoms with Crippen LogP contribution in [0.3, 0.4) is 0 Å². The van der Waals surface area contributed by atoms with Crippen molar-refractivity contribution in [2.45, 2.75) is 13.8 Å². The molecular weight excluding hydrogens is 144 g/mol. The van der Waals surface area contributed by atoms with E-state index in [1.807, 2.05) is 0 Å². The van der Waals surface area contributed by atoms with E-state index in [1.54, 1.807) is 0 Å². The average molecular weight is 159 g/mol. The van der Waals surface area contributed by atoms with Gasteiger partial charge in [0.15, 0.2) is 0 Å². The third-order valence-electron chi connectivity index (χ3n) is 1.51. The van der Waals surface area contributed by atoms with Gasteiger partial charge in [0.25, 0.3) is 6.41 Å². The van der Waals surface area contributed by atoms with Crippen LogP contribution < -0.4 is 5.48 Å². The number of hydrogen-bond donors (Lipinski definition) is 0. The molecule has 1 radical (unpaired) electrons. The van der Waals surface area contributed by atoms with Crippen LogP contribution in [0.15, 0.2) is 0 Å². The molecule has 0 aliphatic rings. The van der Waals surface area contributed by atoms with Crippen LogP contribution in [0.5, 0.6) is 0 Å². The maximum atomic E-state index is 9.68. The smallest absolute Gasteiger partial charge is 0.257 e. The van der Waals surface area contributed by atoms with Gasteiger partial charge < -0.3 is 4.90 Å². The second-order valence-corrected chi connectivity index (χ2v) is 2.07. The zero-order valence-electron chi connectivity index (χ0n) is 7.12. The van der Waals surface area contributed by atoms with Gasteiger partial charge in [0.1, 0.15) is 0 Å². The summed E-state index contributed by atoms with van der Waals surface area (Å²) in [5.41, 5.74) is 3.11. The molecule has 0 heterocycles. The predicted molar refractivity (Wildman–Crippen MR) is 41.9 cm³/mol. The first kappa shape index (κ1) is 10.4. The number of hydroxylamine groups is 1. The molecule has 0 atom stereocenters. The second-order valence-electron chi connectivity index (χ2n) is 2.07. The number of nitrogens with zero attached hydrogens (tertiary/aromatic N) is 2. The fourth-order valence-electron chi connectivity index (χ4n) is 0.793. The van der Waals surface area contributed by atoms with Crippen LogP contribution in [0.1, 0.15) is 13.8 Å². The van der Waals surface area contributed by atoms with E-state index in [-0.39, 0.29) is 0 Å². The van der Waals surface area contributed by atoms with Crippen LogP contribution in [0.2, 0.25) is 0 Å². The van der Waals surface area contributed by atoms with E-state index in [0.29, 0.717) is 13.0 Å². The van der Waals surface area contributed by atoms with Gasteiger partial charge in [-0.05, 0) is 13.1 Å². The quantitative estimate of drug-likeness (QED) is 0.299. The van der Waals surface area contributed by atoms with Crippen LogP contribution in [0.4, 0.5) is 0 Å². The molecule has 0 saturated heterocycles. The zero-order chi connectivity index (χ0) is 8.53. The maximum Gasteiger partial charge on any atom is 0.257 e. The molecule has 0 aromatic rings. The minimum Gasteiger partial charge on any atom is -0.301 e. The number of carbonyl (C=O) groups is 1. The molecule has 0 unspecified atom stereocenters. The van der Waals surface area contributed by atoms with Crippen LogP contribution in [0, 0.1) is 0 Å². The lowest BCUT2D eigenvalue weighted by atomic mass is 10.5. The Labute approximate surface area is 67.5 Å². The largest absolute Gasteiger partial charge is 0.301 e. The molecule has 4 heteroatoms. The van der Waals surface area contributed by atoms with Crippen LogP contribution in [-0.4, -0.2) is 37.6 Å². The summed E-state index contributed by atoms with van der Waals surface area (Å²) < 4.78 is 0. The molecule has 1 amide bonds. The minimum absolute atomic E-state index is 0.405. The minimum atomic E-state index is 0.405. The Hall–Kier alpha value is -0.610. The van der Waals surface area contributed by atoms with Gasteiger partial charge in [-0.2, -0.15) is 0 Å². The Balaban J connectivity index is 3.13. The van der Waals surface area contributed by atoms with Gasteiger partial charge in [-0.25, -0.2) is 4.84 Å². The predicted octanol–water partition coefficient (Wildman–Crippen LogP) is 0.0206. The van der Waals surface area contributed by atoms with Gasteiger partial charge in [0, 0.05) is 6.54 Å². The van der Waals surface area contributed by atoms with Crippen LogP contribution in [-0.2, 0) is 9.63 Å². The van der Waals surface area contributed by atoms with Crippen LogP contribution in [0.25, 0.3) is 0 Å². The van der Waals surface area contributed by atoms with Crippen molar-refractivity contribution in [3.8, 4) is 0 Å². The molecule has 65 valence electrons. The van der Waals surface area contributed by atoms with E-state index in [0.717, 1.165) is 19.6 Å². The van der Waals surface area contributed by atoms with E-state index >= 15 is 0 Å². The van der Waals surface area contributed by atoms with Crippen molar-refractivity contribution in [2.24, 2.45) is 0 Å². The van der Waals surface area contributed by atoms with Crippen LogP contribution >= 0.6 is 0 Å². The first-order valence-corrected chi connectivity index (χ1v) is 3.83. The van der Waals surface area contributed by atoms with Crippen molar-refractivity contribution >= 4 is 6.41 Å². The maximum absolute atomic E-state index is 9.68. The third kappa shape index (κ3) is 5.82. The summed E-state index contributed by atoms with van der Waals surface area (Å²) >= 11 is 0. The van der Waals surface area contributed by atoms with Gasteiger partial charge in [-0.1, -0.05) is 19.3 Å². The van der Waals surface area contributed by atoms with E-state index in [1.165, 1.54) is 0 Å². The molecule has 0 saturated carbocycles. The number of rotatable bonds is 7. The number of likely N-dealkylation sites (N-methyl/N-ethyl adjacent to an activating group) is 1. The lowest BCUT2D eigenvalue weighted by Gasteiger charge is -2.16. The van der Waals surface area contributed by atoms with Crippen molar-refractivity contribution < 1.29 is 9.63 Å². The standard InChI is InChI=1S/C7H15N2O2/c1-3-9(4-2)5-6-11-8-7-10/h7H,3-6H2,1-2H3. The van der Waals surface area contributed by atoms with Crippen molar-refractivity contribution in [1.82, 2.24) is 10.4 Å². The summed E-state index contributed by atoms with van der Waals surface area (Å²) in [5.74, 6) is 0. The SMILES string of the molecule is CCN(CC)CCO[N]C=O. The number of carbonyl (C=O) groups excluding carboxylic acids is 1. The Kier molecular flexibility index (Phi) is 7.08. The van der Waals surface area contributed by atoms with E-state index < -0.39 is 0 Å². The van der Waals surface area contributed by atoms with Crippen molar-refractivity contribution in [2.75, 3.05) is 26.2 Å². The van der Waals surface area contributed by atoms with Gasteiger partial charge in [-0.3, -0.25) is 4.79 Å². The summed E-state index contributed by atoms with van der Waals surface area (Å²) in [6, 6.07) is 0. The lowest BCUT2D eigenvalue weighted by Crippen LogP contribution is -2.27. The van der Waals surface area contributed by atoms with E-state index in [2.05, 4.69) is 29.1 Å². The summed E-state index contributed by atoms with van der Waals surface area (Å²) in [5, 5.41) is 0. The molecule has 0 aromatic carbocycles. The molecule has 0 N–H and O–H groups in total. The molecular formula is C7H15N2O2. The first-order chi connectivity index (χ1) is 5.35. The number of amides is 1. The van der Waals surface area contributed by atoms with Gasteiger partial charge in [-0.15, -0.1) is 0 Å². The zero-order valence-corrected chi connectivity index (χ0v) is 7.12. The van der Waals surface area contributed by atoms with E-state index in [9.17, 15) is 4.79 Å². The van der Waals surface area contributed by atoms with Crippen molar-refractivity contribution in [3.63, 3.8) is 0 Å². The van der Waals surface area contributed by atoms with E-state index in [4.69, 9.17) is 0 Å². The van der Waals surface area contributed by atoms with Gasteiger partial charge in [0.05, 0.1) is 6.61 Å². The van der Waals surface area contributed by atoms with Crippen molar-refractivity contribution in [1.29, 1.82) is 0 Å². The highest BCUT2D eigenvalue weighted by molar-refractivity contribution is 5.43. The first-order valence-electron chi connectivity index (χ1n) is 3.83. The molecule has 0 fully saturated rings. The van der Waals surface area contributed by atoms with Gasteiger partial charge in [0.2, 0.25) is 0 Å². The highest BCUT2D eigenvalue weighted by atomic mass is 16.6. The summed E-state index contributed by atoms with van der Waals surface area (Å²) in [6.07, 6.45) is 0.405. The average Bonchev–Trinajstić information content (AvgIpc) is 2.05. The van der Waals surface area contributed by atoms with Crippen molar-refractivity contribution in [3.05, 3.63) is 0 Å². The molecule has 0 aromatic heterocycles. The molecule has 0 spiro atoms. The van der Waals surface area contributed by atoms with Gasteiger partial charge >= 0.3 is 0 Å². The molecule has 0 aliphatic carbocycles. The number of hydrogen-bond acceptors (Lipinski definition) is 3. The highest BCUT2D eigenvalue weighted by Crippen LogP contribution is 1.85. The molecule has 0 bridgehead atoms. The fourth-order valence-corrected chi connectivity index (χ4v) is 0.793. The molecule has 11 heavy (non-hydrogen) atoms. The Bertz CT molecular complexity index is 94.4. The third-order valence-corrected chi connectivity index (χ3v) is 1.51. The fraction of sp³-hybridized carbons (Fsp3) is 0.857. The Morgan fingerprint density at radius 1 is 1.45 bits per heavy atom. The lowest BCUT2D eigenvalue weighted by molar-refractivity contribution is -0.121. The summed E-state index contributed by atoms with van der Waals surface area (Å²) in [6.45, 7) is 7.48. The monoisotopic (exact) mass is 159 g/mol. The Morgan fingerprint density at radius 2 is 2.09 bits per heavy atom. The second kappa shape index (κ2) is 7.50. The Morgan fingerprint density at radius 3 is 2.55 bits per heavy atom. The topological polar surface area (TPSA) is 43.6 Å². The molecule has 4 nitrogen and oxygen atoms in total. The normalized spacial score (nSPS) is 10.1. The molecule has 0 rings (SSSR count). The summed E-state index contributed by atoms with van der Waals surface area (Å²) in [4.78, 5) is 16.5. The molecule has 0 aliphatic heterocycles. The highest BCUT2D eigenvalue weighted by Gasteiger charge is 1.97.